The van der Waals surface area contributed by atoms with Crippen molar-refractivity contribution in [1.82, 2.24) is 9.21 Å². The van der Waals surface area contributed by atoms with Crippen LogP contribution in [0.2, 0.25) is 5.02 Å². The zero-order chi connectivity index (χ0) is 18.5. The second-order valence-electron chi connectivity index (χ2n) is 8.53. The molecule has 7 heteroatoms. The molecule has 4 fully saturated rings. The van der Waals surface area contributed by atoms with Crippen molar-refractivity contribution >= 4 is 23.5 Å². The minimum atomic E-state index is 0.0545. The van der Waals surface area contributed by atoms with E-state index in [0.29, 0.717) is 22.0 Å². The minimum Gasteiger partial charge on any atom is -0.380 e. The first-order valence-corrected chi connectivity index (χ1v) is 10.8. The second-order valence-corrected chi connectivity index (χ2v) is 10.1. The van der Waals surface area contributed by atoms with Crippen molar-refractivity contribution in [2.24, 2.45) is 5.41 Å². The number of likely N-dealkylation sites (tertiary alicyclic amines) is 1. The zero-order valence-corrected chi connectivity index (χ0v) is 16.9. The van der Waals surface area contributed by atoms with Gasteiger partial charge in [0.25, 0.3) is 0 Å². The van der Waals surface area contributed by atoms with Gasteiger partial charge in [0.1, 0.15) is 0 Å². The standard InChI is InChI=1S/C20H24ClN3O2S/c21-17-2-1-15(9-22)7-18(17)27-24-5-3-20(4-6-24)8-16(10-26-20)23-11-19(12-23)13-25-14-19/h1-2,7,16H,3-6,8,10-14H2. The van der Waals surface area contributed by atoms with Gasteiger partial charge in [-0.05, 0) is 49.4 Å². The molecule has 1 aromatic carbocycles. The van der Waals surface area contributed by atoms with Gasteiger partial charge in [0.2, 0.25) is 0 Å². The van der Waals surface area contributed by atoms with E-state index in [1.54, 1.807) is 18.0 Å². The molecule has 0 aliphatic carbocycles. The Balaban J connectivity index is 1.15. The molecular formula is C20H24ClN3O2S. The summed E-state index contributed by atoms with van der Waals surface area (Å²) < 4.78 is 14.1. The average molecular weight is 406 g/mol. The Morgan fingerprint density at radius 2 is 2.00 bits per heavy atom. The van der Waals surface area contributed by atoms with E-state index in [-0.39, 0.29) is 5.60 Å². The van der Waals surface area contributed by atoms with E-state index in [9.17, 15) is 0 Å². The number of hydrogen-bond donors (Lipinski definition) is 0. The maximum absolute atomic E-state index is 9.10. The van der Waals surface area contributed by atoms with Crippen LogP contribution in [0.25, 0.3) is 0 Å². The highest BCUT2D eigenvalue weighted by atomic mass is 35.5. The topological polar surface area (TPSA) is 48.7 Å². The van der Waals surface area contributed by atoms with Crippen molar-refractivity contribution < 1.29 is 9.47 Å². The summed E-state index contributed by atoms with van der Waals surface area (Å²) in [5, 5.41) is 9.81. The van der Waals surface area contributed by atoms with Gasteiger partial charge < -0.3 is 9.47 Å². The van der Waals surface area contributed by atoms with Gasteiger partial charge in [-0.1, -0.05) is 11.6 Å². The predicted octanol–water partition coefficient (Wildman–Crippen LogP) is 3.17. The summed E-state index contributed by atoms with van der Waals surface area (Å²) in [6.07, 6.45) is 3.29. The summed E-state index contributed by atoms with van der Waals surface area (Å²) in [6.45, 7) is 7.12. The van der Waals surface area contributed by atoms with Crippen molar-refractivity contribution in [3.63, 3.8) is 0 Å². The first kappa shape index (κ1) is 18.2. The van der Waals surface area contributed by atoms with Crippen LogP contribution in [0.15, 0.2) is 23.1 Å². The second kappa shape index (κ2) is 6.91. The third-order valence-corrected chi connectivity index (χ3v) is 8.12. The summed E-state index contributed by atoms with van der Waals surface area (Å²) >= 11 is 7.98. The molecule has 4 heterocycles. The number of piperidine rings is 1. The fraction of sp³-hybridized carbons (Fsp3) is 0.650. The van der Waals surface area contributed by atoms with E-state index in [4.69, 9.17) is 26.3 Å². The fourth-order valence-corrected chi connectivity index (χ4v) is 6.02. The van der Waals surface area contributed by atoms with Crippen LogP contribution in [-0.2, 0) is 9.47 Å². The van der Waals surface area contributed by atoms with Gasteiger partial charge in [0.15, 0.2) is 0 Å². The number of ether oxygens (including phenoxy) is 2. The van der Waals surface area contributed by atoms with E-state index in [1.807, 2.05) is 12.1 Å². The van der Waals surface area contributed by atoms with Crippen LogP contribution >= 0.6 is 23.5 Å². The lowest BCUT2D eigenvalue weighted by atomic mass is 9.76. The van der Waals surface area contributed by atoms with Gasteiger partial charge in [-0.25, -0.2) is 4.31 Å². The lowest BCUT2D eigenvalue weighted by Crippen LogP contribution is -2.68. The van der Waals surface area contributed by atoms with Gasteiger partial charge in [-0.3, -0.25) is 4.90 Å². The van der Waals surface area contributed by atoms with Crippen molar-refractivity contribution in [2.45, 2.75) is 35.8 Å². The highest BCUT2D eigenvalue weighted by Crippen LogP contribution is 2.45. The molecule has 0 saturated carbocycles. The minimum absolute atomic E-state index is 0.0545. The number of benzene rings is 1. The van der Waals surface area contributed by atoms with Gasteiger partial charge in [-0.15, -0.1) is 0 Å². The molecule has 144 valence electrons. The van der Waals surface area contributed by atoms with Crippen LogP contribution in [0, 0.1) is 16.7 Å². The van der Waals surface area contributed by atoms with Crippen molar-refractivity contribution in [3.05, 3.63) is 28.8 Å². The van der Waals surface area contributed by atoms with E-state index in [2.05, 4.69) is 15.3 Å². The van der Waals surface area contributed by atoms with Crippen LogP contribution in [0.5, 0.6) is 0 Å². The summed E-state index contributed by atoms with van der Waals surface area (Å²) in [5.41, 5.74) is 1.19. The predicted molar refractivity (Wildman–Crippen MR) is 105 cm³/mol. The third-order valence-electron chi connectivity index (χ3n) is 6.52. The summed E-state index contributed by atoms with van der Waals surface area (Å²) in [4.78, 5) is 3.57. The van der Waals surface area contributed by atoms with E-state index < -0.39 is 0 Å². The number of hydrogen-bond acceptors (Lipinski definition) is 6. The van der Waals surface area contributed by atoms with Crippen LogP contribution in [-0.4, -0.2) is 66.8 Å². The molecule has 4 saturated heterocycles. The average Bonchev–Trinajstić information content (AvgIpc) is 3.00. The largest absolute Gasteiger partial charge is 0.380 e. The molecule has 2 spiro atoms. The van der Waals surface area contributed by atoms with Gasteiger partial charge in [0, 0.05) is 42.5 Å². The quantitative estimate of drug-likeness (QED) is 0.720. The first-order valence-electron chi connectivity index (χ1n) is 9.67. The Kier molecular flexibility index (Phi) is 4.67. The summed E-state index contributed by atoms with van der Waals surface area (Å²) in [7, 11) is 0. The third kappa shape index (κ3) is 3.39. The molecule has 0 bridgehead atoms. The Morgan fingerprint density at radius 1 is 1.22 bits per heavy atom. The molecule has 1 aromatic rings. The van der Waals surface area contributed by atoms with Crippen LogP contribution in [0.1, 0.15) is 24.8 Å². The van der Waals surface area contributed by atoms with Crippen LogP contribution in [0.4, 0.5) is 0 Å². The molecule has 0 N–H and O–H groups in total. The lowest BCUT2D eigenvalue weighted by molar-refractivity contribution is -0.197. The normalized spacial score (nSPS) is 29.4. The van der Waals surface area contributed by atoms with Crippen LogP contribution < -0.4 is 0 Å². The SMILES string of the molecule is N#Cc1ccc(Cl)c(SN2CCC3(CC2)CC(N2CC4(COC4)C2)CO3)c1. The van der Waals surface area contributed by atoms with Crippen LogP contribution in [0.3, 0.4) is 0 Å². The molecule has 0 radical (unpaired) electrons. The molecule has 0 amide bonds. The Morgan fingerprint density at radius 3 is 2.67 bits per heavy atom. The maximum atomic E-state index is 9.10. The molecule has 5 nitrogen and oxygen atoms in total. The van der Waals surface area contributed by atoms with Crippen molar-refractivity contribution in [3.8, 4) is 6.07 Å². The Hall–Kier alpha value is -0.810. The molecule has 0 aromatic heterocycles. The highest BCUT2D eigenvalue weighted by Gasteiger charge is 2.54. The van der Waals surface area contributed by atoms with E-state index in [1.165, 1.54) is 13.1 Å². The maximum Gasteiger partial charge on any atom is 0.0992 e. The van der Waals surface area contributed by atoms with Crippen molar-refractivity contribution in [2.75, 3.05) is 46.0 Å². The summed E-state index contributed by atoms with van der Waals surface area (Å²) in [5.74, 6) is 0. The Labute approximate surface area is 169 Å². The lowest BCUT2D eigenvalue weighted by Gasteiger charge is -2.57. The monoisotopic (exact) mass is 405 g/mol. The molecule has 1 unspecified atom stereocenters. The van der Waals surface area contributed by atoms with Gasteiger partial charge in [0.05, 0.1) is 42.1 Å². The fourth-order valence-electron chi connectivity index (χ4n) is 4.82. The zero-order valence-electron chi connectivity index (χ0n) is 15.3. The summed E-state index contributed by atoms with van der Waals surface area (Å²) in [6, 6.07) is 8.22. The van der Waals surface area contributed by atoms with Gasteiger partial charge >= 0.3 is 0 Å². The smallest absolute Gasteiger partial charge is 0.0992 e. The number of nitriles is 1. The number of halogens is 1. The molecule has 4 aliphatic heterocycles. The van der Waals surface area contributed by atoms with Gasteiger partial charge in [-0.2, -0.15) is 5.26 Å². The number of nitrogens with zero attached hydrogens (tertiary/aromatic N) is 3. The number of rotatable bonds is 3. The van der Waals surface area contributed by atoms with Crippen molar-refractivity contribution in [1.29, 1.82) is 5.26 Å². The molecule has 5 rings (SSSR count). The molecule has 1 atom stereocenters. The van der Waals surface area contributed by atoms with E-state index >= 15 is 0 Å². The first-order chi connectivity index (χ1) is 13.1. The van der Waals surface area contributed by atoms with E-state index in [0.717, 1.165) is 57.1 Å². The molecular weight excluding hydrogens is 382 g/mol. The molecule has 27 heavy (non-hydrogen) atoms. The molecule has 4 aliphatic rings. The highest BCUT2D eigenvalue weighted by molar-refractivity contribution is 7.97. The Bertz CT molecular complexity index is 763.